The summed E-state index contributed by atoms with van der Waals surface area (Å²) in [7, 11) is 1.40. The first-order valence-corrected chi connectivity index (χ1v) is 14.1. The molecule has 1 aliphatic rings. The van der Waals surface area contributed by atoms with Crippen molar-refractivity contribution in [1.29, 1.82) is 0 Å². The molecule has 1 heterocycles. The number of benzene rings is 3. The van der Waals surface area contributed by atoms with Crippen LogP contribution in [0.5, 0.6) is 5.75 Å². The van der Waals surface area contributed by atoms with Gasteiger partial charge in [-0.25, -0.2) is 9.18 Å². The van der Waals surface area contributed by atoms with Gasteiger partial charge in [0.05, 0.1) is 30.8 Å². The average molecular weight is 616 g/mol. The zero-order valence-electron chi connectivity index (χ0n) is 23.3. The molecule has 226 valence electrons. The number of ether oxygens (including phenoxy) is 2. The lowest BCUT2D eigenvalue weighted by Crippen LogP contribution is -2.31. The van der Waals surface area contributed by atoms with Crippen LogP contribution in [0.25, 0.3) is 11.1 Å². The first-order valence-electron chi connectivity index (χ1n) is 12.9. The fraction of sp³-hybridized carbons (Fsp3) is 0.367. The Morgan fingerprint density at radius 2 is 1.57 bits per heavy atom. The summed E-state index contributed by atoms with van der Waals surface area (Å²) in [4.78, 5) is 15.1. The molecule has 1 fully saturated rings. The van der Waals surface area contributed by atoms with Crippen molar-refractivity contribution >= 4 is 17.9 Å². The largest absolute Gasteiger partial charge is 0.496 e. The Bertz CT molecular complexity index is 1450. The van der Waals surface area contributed by atoms with E-state index in [9.17, 15) is 35.5 Å². The lowest BCUT2D eigenvalue weighted by Gasteiger charge is -2.24. The smallest absolute Gasteiger partial charge is 0.416 e. The summed E-state index contributed by atoms with van der Waals surface area (Å²) in [5.41, 5.74) is -1.17. The summed E-state index contributed by atoms with van der Waals surface area (Å²) in [6, 6.07) is 8.67. The molecular weight excluding hydrogens is 587 g/mol. The van der Waals surface area contributed by atoms with E-state index in [1.165, 1.54) is 36.8 Å². The number of hydrogen-bond donors (Lipinski definition) is 0. The van der Waals surface area contributed by atoms with Gasteiger partial charge in [-0.3, -0.25) is 4.90 Å². The van der Waals surface area contributed by atoms with Crippen LogP contribution >= 0.6 is 11.8 Å². The lowest BCUT2D eigenvalue weighted by molar-refractivity contribution is -0.143. The van der Waals surface area contributed by atoms with Crippen molar-refractivity contribution in [2.75, 3.05) is 13.4 Å². The maximum atomic E-state index is 14.7. The zero-order valence-corrected chi connectivity index (χ0v) is 24.1. The highest BCUT2D eigenvalue weighted by Gasteiger charge is 2.43. The van der Waals surface area contributed by atoms with Gasteiger partial charge in [0.25, 0.3) is 0 Å². The van der Waals surface area contributed by atoms with Crippen LogP contribution in [0, 0.1) is 5.82 Å². The third-order valence-corrected chi connectivity index (χ3v) is 7.94. The Morgan fingerprint density at radius 3 is 2.10 bits per heavy atom. The number of thioether (sulfide) groups is 1. The summed E-state index contributed by atoms with van der Waals surface area (Å²) in [5, 5.41) is 0. The molecule has 2 atom stereocenters. The van der Waals surface area contributed by atoms with Crippen LogP contribution in [0.2, 0.25) is 0 Å². The van der Waals surface area contributed by atoms with Gasteiger partial charge < -0.3 is 9.47 Å². The Morgan fingerprint density at radius 1 is 0.952 bits per heavy atom. The summed E-state index contributed by atoms with van der Waals surface area (Å²) in [5.74, 6) is -0.327. The maximum Gasteiger partial charge on any atom is 0.416 e. The molecule has 3 aromatic carbocycles. The summed E-state index contributed by atoms with van der Waals surface area (Å²) in [6.07, 6.45) is -10.5. The molecule has 42 heavy (non-hydrogen) atoms. The van der Waals surface area contributed by atoms with Gasteiger partial charge in [-0.2, -0.15) is 26.3 Å². The molecule has 1 amide bonds. The number of carbonyl (C=O) groups excluding carboxylic acids is 1. The van der Waals surface area contributed by atoms with Gasteiger partial charge in [0.15, 0.2) is 0 Å². The fourth-order valence-corrected chi connectivity index (χ4v) is 5.43. The predicted octanol–water partition coefficient (Wildman–Crippen LogP) is 9.47. The van der Waals surface area contributed by atoms with E-state index in [0.717, 1.165) is 4.90 Å². The fourth-order valence-electron chi connectivity index (χ4n) is 4.97. The highest BCUT2D eigenvalue weighted by molar-refractivity contribution is 7.98. The topological polar surface area (TPSA) is 38.8 Å². The van der Waals surface area contributed by atoms with Crippen molar-refractivity contribution in [3.63, 3.8) is 0 Å². The van der Waals surface area contributed by atoms with E-state index in [2.05, 4.69) is 0 Å². The molecule has 4 rings (SSSR count). The van der Waals surface area contributed by atoms with Gasteiger partial charge in [-0.15, -0.1) is 11.8 Å². The second-order valence-electron chi connectivity index (χ2n) is 10.3. The van der Waals surface area contributed by atoms with Crippen molar-refractivity contribution in [1.82, 2.24) is 4.90 Å². The zero-order chi connectivity index (χ0) is 31.1. The summed E-state index contributed by atoms with van der Waals surface area (Å²) >= 11 is 1.43. The Kier molecular flexibility index (Phi) is 8.78. The van der Waals surface area contributed by atoms with Gasteiger partial charge in [-0.05, 0) is 77.7 Å². The van der Waals surface area contributed by atoms with E-state index in [1.54, 1.807) is 12.1 Å². The minimum absolute atomic E-state index is 0.0321. The number of hydrogen-bond acceptors (Lipinski definition) is 4. The van der Waals surface area contributed by atoms with Crippen molar-refractivity contribution in [3.8, 4) is 16.9 Å². The molecule has 0 bridgehead atoms. The van der Waals surface area contributed by atoms with E-state index in [4.69, 9.17) is 9.47 Å². The molecular formula is C30H28F7NO3S. The Hall–Kier alpha value is -3.41. The number of alkyl halides is 6. The van der Waals surface area contributed by atoms with Crippen molar-refractivity contribution < 1.29 is 45.0 Å². The normalized spacial score (nSPS) is 17.6. The number of rotatable bonds is 7. The highest BCUT2D eigenvalue weighted by atomic mass is 32.2. The van der Waals surface area contributed by atoms with Crippen LogP contribution < -0.4 is 4.74 Å². The second-order valence-corrected chi connectivity index (χ2v) is 11.1. The van der Waals surface area contributed by atoms with Gasteiger partial charge in [0.1, 0.15) is 17.7 Å². The second kappa shape index (κ2) is 11.7. The number of amides is 1. The van der Waals surface area contributed by atoms with Crippen LogP contribution in [-0.4, -0.2) is 30.4 Å². The molecule has 0 spiro atoms. The molecule has 1 saturated heterocycles. The van der Waals surface area contributed by atoms with Crippen LogP contribution in [0.3, 0.4) is 0 Å². The van der Waals surface area contributed by atoms with Crippen LogP contribution in [0.15, 0.2) is 53.4 Å². The third kappa shape index (κ3) is 6.33. The van der Waals surface area contributed by atoms with Gasteiger partial charge in [0.2, 0.25) is 0 Å². The summed E-state index contributed by atoms with van der Waals surface area (Å²) < 4.78 is 106. The standard InChI is InChI=1S/C30H28F7NO3S/c1-15(2)23-12-24(26(40-4)13-25(23)31)22-7-6-21(42-5)10-18(22)14-38-16(3)27(41-28(38)39)17-8-19(29(32,33)34)11-20(9-17)30(35,36)37/h6-13,15-16,27H,14H2,1-5H3/t16-,27?/m0/s1. The highest BCUT2D eigenvalue weighted by Crippen LogP contribution is 2.43. The van der Waals surface area contributed by atoms with Crippen molar-refractivity contribution in [3.05, 3.63) is 82.2 Å². The first kappa shape index (κ1) is 31.5. The number of carbonyl (C=O) groups is 1. The number of cyclic esters (lactones) is 1. The van der Waals surface area contributed by atoms with E-state index in [0.29, 0.717) is 34.4 Å². The van der Waals surface area contributed by atoms with E-state index < -0.39 is 53.1 Å². The molecule has 0 N–H and O–H groups in total. The van der Waals surface area contributed by atoms with Gasteiger partial charge >= 0.3 is 18.4 Å². The quantitative estimate of drug-likeness (QED) is 0.196. The predicted molar refractivity (Wildman–Crippen MR) is 145 cm³/mol. The monoisotopic (exact) mass is 615 g/mol. The molecule has 4 nitrogen and oxygen atoms in total. The Balaban J connectivity index is 1.77. The molecule has 1 unspecified atom stereocenters. The minimum atomic E-state index is -5.04. The average Bonchev–Trinajstić information content (AvgIpc) is 3.20. The molecule has 0 aromatic heterocycles. The third-order valence-electron chi connectivity index (χ3n) is 7.21. The molecule has 0 aliphatic carbocycles. The van der Waals surface area contributed by atoms with Gasteiger partial charge in [-0.1, -0.05) is 19.9 Å². The van der Waals surface area contributed by atoms with Crippen LogP contribution in [0.4, 0.5) is 35.5 Å². The number of halogens is 7. The summed E-state index contributed by atoms with van der Waals surface area (Å²) in [6.45, 7) is 5.10. The van der Waals surface area contributed by atoms with E-state index >= 15 is 0 Å². The number of nitrogens with zero attached hydrogens (tertiary/aromatic N) is 1. The van der Waals surface area contributed by atoms with E-state index in [-0.39, 0.29) is 24.3 Å². The van der Waals surface area contributed by atoms with E-state index in [1.807, 2.05) is 32.2 Å². The van der Waals surface area contributed by atoms with Gasteiger partial charge in [0, 0.05) is 16.5 Å². The van der Waals surface area contributed by atoms with Crippen molar-refractivity contribution in [2.24, 2.45) is 0 Å². The SMILES string of the molecule is COc1cc(F)c(C(C)C)cc1-c1ccc(SC)cc1CN1C(=O)OC(c2cc(C(F)(F)F)cc(C(F)(F)F)c2)[C@@H]1C. The molecule has 12 heteroatoms. The van der Waals surface area contributed by atoms with Crippen LogP contribution in [-0.2, 0) is 23.6 Å². The van der Waals surface area contributed by atoms with Crippen molar-refractivity contribution in [2.45, 2.75) is 62.6 Å². The minimum Gasteiger partial charge on any atom is -0.496 e. The molecule has 1 aliphatic heterocycles. The lowest BCUT2D eigenvalue weighted by atomic mass is 9.93. The first-order chi connectivity index (χ1) is 19.5. The molecule has 3 aromatic rings. The molecule has 0 radical (unpaired) electrons. The molecule has 0 saturated carbocycles. The Labute approximate surface area is 242 Å². The number of methoxy groups -OCH3 is 1. The van der Waals surface area contributed by atoms with Crippen LogP contribution in [0.1, 0.15) is 60.6 Å². The maximum absolute atomic E-state index is 14.7.